The van der Waals surface area contributed by atoms with E-state index in [1.807, 2.05) is 0 Å². The summed E-state index contributed by atoms with van der Waals surface area (Å²) in [5.41, 5.74) is 0.458. The SMILES string of the molecule is N=C=O.O=C=Nc1ccccc1Cl. The van der Waals surface area contributed by atoms with E-state index in [1.165, 1.54) is 6.08 Å². The fraction of sp³-hybridized carbons (Fsp3) is 0. The highest BCUT2D eigenvalue weighted by atomic mass is 35.5. The number of carbonyl (C=O) groups excluding carboxylic acids is 2. The third-order valence-corrected chi connectivity index (χ3v) is 1.34. The average molecular weight is 197 g/mol. The first-order valence-electron chi connectivity index (χ1n) is 3.12. The molecule has 1 aromatic rings. The van der Waals surface area contributed by atoms with Gasteiger partial charge in [-0.15, -0.1) is 0 Å². The van der Waals surface area contributed by atoms with E-state index < -0.39 is 0 Å². The van der Waals surface area contributed by atoms with Gasteiger partial charge in [-0.25, -0.2) is 15.0 Å². The van der Waals surface area contributed by atoms with Crippen molar-refractivity contribution in [2.24, 2.45) is 4.99 Å². The molecule has 5 heteroatoms. The molecule has 0 aliphatic heterocycles. The Hall–Kier alpha value is -1.73. The Labute approximate surface area is 79.4 Å². The van der Waals surface area contributed by atoms with Gasteiger partial charge < -0.3 is 0 Å². The summed E-state index contributed by atoms with van der Waals surface area (Å²) in [4.78, 5) is 21.5. The number of hydrogen-bond acceptors (Lipinski definition) is 4. The van der Waals surface area contributed by atoms with E-state index in [1.54, 1.807) is 24.3 Å². The summed E-state index contributed by atoms with van der Waals surface area (Å²) in [6.07, 6.45) is 2.17. The van der Waals surface area contributed by atoms with Gasteiger partial charge in [0, 0.05) is 0 Å². The van der Waals surface area contributed by atoms with E-state index in [-0.39, 0.29) is 0 Å². The van der Waals surface area contributed by atoms with Crippen molar-refractivity contribution in [2.45, 2.75) is 0 Å². The van der Waals surface area contributed by atoms with E-state index in [4.69, 9.17) is 21.8 Å². The standard InChI is InChI=1S/C7H4ClNO.CHNO/c8-6-3-1-2-4-7(6)9-5-10;2-1-3/h1-4H;2H. The van der Waals surface area contributed by atoms with Crippen molar-refractivity contribution in [3.05, 3.63) is 29.3 Å². The van der Waals surface area contributed by atoms with Crippen LogP contribution in [-0.2, 0) is 9.59 Å². The first-order chi connectivity index (χ1) is 6.26. The first-order valence-corrected chi connectivity index (χ1v) is 3.50. The third kappa shape index (κ3) is 4.67. The highest BCUT2D eigenvalue weighted by Crippen LogP contribution is 2.22. The largest absolute Gasteiger partial charge is 0.240 e. The molecule has 0 heterocycles. The summed E-state index contributed by atoms with van der Waals surface area (Å²) in [7, 11) is 0. The average Bonchev–Trinajstić information content (AvgIpc) is 2.11. The Bertz CT molecular complexity index is 353. The van der Waals surface area contributed by atoms with Crippen molar-refractivity contribution in [1.82, 2.24) is 0 Å². The van der Waals surface area contributed by atoms with Crippen molar-refractivity contribution in [1.29, 1.82) is 5.41 Å². The highest BCUT2D eigenvalue weighted by Gasteiger charge is 1.92. The van der Waals surface area contributed by atoms with Crippen LogP contribution in [0.4, 0.5) is 5.69 Å². The normalized spacial score (nSPS) is 7.15. The van der Waals surface area contributed by atoms with Crippen LogP contribution in [-0.4, -0.2) is 12.2 Å². The second kappa shape index (κ2) is 6.95. The van der Waals surface area contributed by atoms with E-state index in [9.17, 15) is 4.79 Å². The van der Waals surface area contributed by atoms with Crippen LogP contribution in [0, 0.1) is 5.41 Å². The molecule has 0 atom stereocenters. The van der Waals surface area contributed by atoms with E-state index in [2.05, 4.69) is 4.99 Å². The molecule has 66 valence electrons. The van der Waals surface area contributed by atoms with E-state index in [0.29, 0.717) is 10.7 Å². The van der Waals surface area contributed by atoms with Gasteiger partial charge in [0.1, 0.15) is 0 Å². The second-order valence-corrected chi connectivity index (χ2v) is 2.16. The molecular weight excluding hydrogens is 192 g/mol. The lowest BCUT2D eigenvalue weighted by molar-refractivity contribution is 0.562. The minimum atomic E-state index is 0.458. The summed E-state index contributed by atoms with van der Waals surface area (Å²) >= 11 is 5.63. The van der Waals surface area contributed by atoms with Gasteiger partial charge in [0.25, 0.3) is 0 Å². The lowest BCUT2D eigenvalue weighted by Gasteiger charge is -1.90. The fourth-order valence-electron chi connectivity index (χ4n) is 0.592. The molecule has 0 aliphatic rings. The lowest BCUT2D eigenvalue weighted by atomic mass is 10.3. The molecule has 0 saturated heterocycles. The van der Waals surface area contributed by atoms with E-state index >= 15 is 0 Å². The van der Waals surface area contributed by atoms with Crippen molar-refractivity contribution >= 4 is 29.4 Å². The minimum Gasteiger partial charge on any atom is -0.222 e. The lowest BCUT2D eigenvalue weighted by Crippen LogP contribution is -1.64. The molecular formula is C8H5ClN2O2. The van der Waals surface area contributed by atoms with Gasteiger partial charge >= 0.3 is 0 Å². The Morgan fingerprint density at radius 2 is 1.85 bits per heavy atom. The maximum absolute atomic E-state index is 9.78. The highest BCUT2D eigenvalue weighted by molar-refractivity contribution is 6.33. The van der Waals surface area contributed by atoms with Crippen molar-refractivity contribution in [2.75, 3.05) is 0 Å². The van der Waals surface area contributed by atoms with E-state index in [0.717, 1.165) is 6.08 Å². The van der Waals surface area contributed by atoms with Crippen LogP contribution in [0.3, 0.4) is 0 Å². The molecule has 13 heavy (non-hydrogen) atoms. The van der Waals surface area contributed by atoms with Gasteiger partial charge in [0.15, 0.2) is 0 Å². The zero-order valence-corrected chi connectivity index (χ0v) is 7.21. The number of nitrogens with one attached hydrogen (secondary N) is 1. The minimum absolute atomic E-state index is 0.458. The van der Waals surface area contributed by atoms with Crippen molar-refractivity contribution in [3.8, 4) is 0 Å². The van der Waals surface area contributed by atoms with Gasteiger partial charge in [0.2, 0.25) is 12.2 Å². The van der Waals surface area contributed by atoms with Gasteiger partial charge in [-0.05, 0) is 12.1 Å². The molecule has 0 saturated carbocycles. The number of hydrogen-bond donors (Lipinski definition) is 1. The van der Waals surface area contributed by atoms with Gasteiger partial charge in [0.05, 0.1) is 10.7 Å². The van der Waals surface area contributed by atoms with Crippen LogP contribution in [0.2, 0.25) is 5.02 Å². The molecule has 0 spiro atoms. The summed E-state index contributed by atoms with van der Waals surface area (Å²) < 4.78 is 0. The predicted molar refractivity (Wildman–Crippen MR) is 47.6 cm³/mol. The summed E-state index contributed by atoms with van der Waals surface area (Å²) in [6, 6.07) is 6.83. The summed E-state index contributed by atoms with van der Waals surface area (Å²) in [5, 5.41) is 5.87. The van der Waals surface area contributed by atoms with Gasteiger partial charge in [-0.2, -0.15) is 4.99 Å². The number of halogens is 1. The summed E-state index contributed by atoms with van der Waals surface area (Å²) in [6.45, 7) is 0. The molecule has 1 rings (SSSR count). The van der Waals surface area contributed by atoms with Crippen LogP contribution < -0.4 is 0 Å². The van der Waals surface area contributed by atoms with Gasteiger partial charge in [-0.1, -0.05) is 23.7 Å². The Morgan fingerprint density at radius 3 is 2.31 bits per heavy atom. The Balaban J connectivity index is 0.000000424. The quantitative estimate of drug-likeness (QED) is 0.553. The van der Waals surface area contributed by atoms with Crippen LogP contribution in [0.1, 0.15) is 0 Å². The smallest absolute Gasteiger partial charge is 0.222 e. The maximum Gasteiger partial charge on any atom is 0.240 e. The van der Waals surface area contributed by atoms with Crippen LogP contribution in [0.25, 0.3) is 0 Å². The Kier molecular flexibility index (Phi) is 6.02. The van der Waals surface area contributed by atoms with Crippen molar-refractivity contribution < 1.29 is 9.59 Å². The molecule has 0 amide bonds. The van der Waals surface area contributed by atoms with Crippen LogP contribution in [0.5, 0.6) is 0 Å². The summed E-state index contributed by atoms with van der Waals surface area (Å²) in [5.74, 6) is 0. The number of rotatable bonds is 1. The number of isocyanates is 2. The van der Waals surface area contributed by atoms with Crippen LogP contribution >= 0.6 is 11.6 Å². The van der Waals surface area contributed by atoms with Crippen LogP contribution in [0.15, 0.2) is 29.3 Å². The maximum atomic E-state index is 9.78. The molecule has 1 N–H and O–H groups in total. The van der Waals surface area contributed by atoms with Gasteiger partial charge in [-0.3, -0.25) is 0 Å². The number of para-hydroxylation sites is 1. The zero-order valence-electron chi connectivity index (χ0n) is 6.45. The number of nitrogens with zero attached hydrogens (tertiary/aromatic N) is 1. The number of benzene rings is 1. The molecule has 0 aromatic heterocycles. The second-order valence-electron chi connectivity index (χ2n) is 1.76. The molecule has 0 bridgehead atoms. The third-order valence-electron chi connectivity index (χ3n) is 1.02. The zero-order chi connectivity index (χ0) is 10.1. The molecule has 1 aromatic carbocycles. The monoisotopic (exact) mass is 196 g/mol. The van der Waals surface area contributed by atoms with Crippen molar-refractivity contribution in [3.63, 3.8) is 0 Å². The number of aliphatic imine (C=N–C) groups is 1. The molecule has 0 unspecified atom stereocenters. The molecule has 0 aliphatic carbocycles. The predicted octanol–water partition coefficient (Wildman–Crippen LogP) is 2.21. The first kappa shape index (κ1) is 11.3. The topological polar surface area (TPSA) is 70.3 Å². The molecule has 0 radical (unpaired) electrons. The molecule has 0 fully saturated rings. The fourth-order valence-corrected chi connectivity index (χ4v) is 0.770. The molecule has 4 nitrogen and oxygen atoms in total. The Morgan fingerprint density at radius 1 is 1.31 bits per heavy atom.